The standard InChI is InChI=1S/C11H18N4O4S2/c1-8(7-20-3)14(2)21(18,19)11-6-9(15(16)17)4-5-10(11)13-12/h4-6,8,13H,7,12H2,1-3H3. The molecule has 1 aromatic rings. The zero-order valence-electron chi connectivity index (χ0n) is 11.9. The molecule has 0 aliphatic heterocycles. The van der Waals surface area contributed by atoms with E-state index >= 15 is 0 Å². The number of nitro groups is 1. The molecule has 0 saturated heterocycles. The van der Waals surface area contributed by atoms with Crippen LogP contribution in [0.25, 0.3) is 0 Å². The van der Waals surface area contributed by atoms with Crippen LogP contribution in [-0.2, 0) is 10.0 Å². The quantitative estimate of drug-likeness (QED) is 0.437. The fraction of sp³-hybridized carbons (Fsp3) is 0.455. The van der Waals surface area contributed by atoms with Crippen molar-refractivity contribution in [1.82, 2.24) is 4.31 Å². The number of anilines is 1. The van der Waals surface area contributed by atoms with Crippen molar-refractivity contribution in [3.05, 3.63) is 28.3 Å². The first-order valence-electron chi connectivity index (χ1n) is 5.97. The normalized spacial score (nSPS) is 13.2. The molecule has 0 aliphatic carbocycles. The summed E-state index contributed by atoms with van der Waals surface area (Å²) in [5.74, 6) is 5.91. The number of nitrogens with one attached hydrogen (secondary N) is 1. The molecule has 0 spiro atoms. The molecule has 0 saturated carbocycles. The summed E-state index contributed by atoms with van der Waals surface area (Å²) in [6, 6.07) is 3.22. The van der Waals surface area contributed by atoms with Crippen LogP contribution >= 0.6 is 11.8 Å². The van der Waals surface area contributed by atoms with Crippen molar-refractivity contribution < 1.29 is 13.3 Å². The number of thioether (sulfide) groups is 1. The summed E-state index contributed by atoms with van der Waals surface area (Å²) in [5, 5.41) is 10.8. The third-order valence-corrected chi connectivity index (χ3v) is 5.84. The second kappa shape index (κ2) is 7.07. The Morgan fingerprint density at radius 2 is 2.14 bits per heavy atom. The Kier molecular flexibility index (Phi) is 5.96. The molecular weight excluding hydrogens is 316 g/mol. The zero-order valence-corrected chi connectivity index (χ0v) is 13.6. The van der Waals surface area contributed by atoms with Crippen LogP contribution in [0.2, 0.25) is 0 Å². The number of hydrazine groups is 1. The Bertz CT molecular complexity index is 621. The molecule has 10 heteroatoms. The lowest BCUT2D eigenvalue weighted by Crippen LogP contribution is -2.37. The summed E-state index contributed by atoms with van der Waals surface area (Å²) in [5.41, 5.74) is 2.07. The average Bonchev–Trinajstić information content (AvgIpc) is 2.45. The topological polar surface area (TPSA) is 119 Å². The van der Waals surface area contributed by atoms with E-state index in [-0.39, 0.29) is 22.3 Å². The lowest BCUT2D eigenvalue weighted by Gasteiger charge is -2.24. The van der Waals surface area contributed by atoms with Gasteiger partial charge < -0.3 is 5.43 Å². The number of benzene rings is 1. The Balaban J connectivity index is 3.35. The van der Waals surface area contributed by atoms with E-state index in [0.717, 1.165) is 6.07 Å². The molecule has 1 atom stereocenters. The molecule has 0 fully saturated rings. The maximum Gasteiger partial charge on any atom is 0.270 e. The van der Waals surface area contributed by atoms with Crippen molar-refractivity contribution in [2.45, 2.75) is 17.9 Å². The summed E-state index contributed by atoms with van der Waals surface area (Å²) < 4.78 is 26.4. The molecule has 1 aromatic carbocycles. The van der Waals surface area contributed by atoms with Gasteiger partial charge in [0, 0.05) is 31.0 Å². The van der Waals surface area contributed by atoms with Crippen LogP contribution in [0.4, 0.5) is 11.4 Å². The summed E-state index contributed by atoms with van der Waals surface area (Å²) in [4.78, 5) is 9.97. The lowest BCUT2D eigenvalue weighted by molar-refractivity contribution is -0.385. The van der Waals surface area contributed by atoms with Gasteiger partial charge >= 0.3 is 0 Å². The summed E-state index contributed by atoms with van der Waals surface area (Å²) in [6.07, 6.45) is 1.87. The van der Waals surface area contributed by atoms with Crippen molar-refractivity contribution in [2.75, 3.05) is 24.5 Å². The van der Waals surface area contributed by atoms with Crippen molar-refractivity contribution in [3.8, 4) is 0 Å². The zero-order chi connectivity index (χ0) is 16.2. The summed E-state index contributed by atoms with van der Waals surface area (Å²) in [7, 11) is -2.45. The molecule has 1 unspecified atom stereocenters. The number of non-ortho nitro benzene ring substituents is 1. The van der Waals surface area contributed by atoms with Gasteiger partial charge in [0.15, 0.2) is 0 Å². The highest BCUT2D eigenvalue weighted by Crippen LogP contribution is 2.29. The molecule has 118 valence electrons. The minimum absolute atomic E-state index is 0.115. The first kappa shape index (κ1) is 17.7. The first-order valence-corrected chi connectivity index (χ1v) is 8.81. The minimum Gasteiger partial charge on any atom is -0.323 e. The number of hydrogen-bond acceptors (Lipinski definition) is 7. The molecule has 8 nitrogen and oxygen atoms in total. The van der Waals surface area contributed by atoms with Gasteiger partial charge in [-0.1, -0.05) is 0 Å². The smallest absolute Gasteiger partial charge is 0.270 e. The van der Waals surface area contributed by atoms with Gasteiger partial charge in [-0.25, -0.2) is 8.42 Å². The van der Waals surface area contributed by atoms with Gasteiger partial charge in [-0.05, 0) is 19.2 Å². The monoisotopic (exact) mass is 334 g/mol. The SMILES string of the molecule is CSCC(C)N(C)S(=O)(=O)c1cc([N+](=O)[O-])ccc1NN. The van der Waals surface area contributed by atoms with E-state index in [9.17, 15) is 18.5 Å². The predicted octanol–water partition coefficient (Wildman–Crippen LogP) is 1.25. The van der Waals surface area contributed by atoms with Crippen LogP contribution in [0.15, 0.2) is 23.1 Å². The third kappa shape index (κ3) is 3.84. The van der Waals surface area contributed by atoms with E-state index in [1.165, 1.54) is 35.2 Å². The Morgan fingerprint density at radius 3 is 2.62 bits per heavy atom. The number of sulfonamides is 1. The fourth-order valence-corrected chi connectivity index (χ4v) is 4.03. The Hall–Kier alpha value is -1.36. The maximum absolute atomic E-state index is 12.6. The Labute approximate surface area is 127 Å². The largest absolute Gasteiger partial charge is 0.323 e. The number of hydrogen-bond donors (Lipinski definition) is 2. The second-order valence-electron chi connectivity index (χ2n) is 4.41. The van der Waals surface area contributed by atoms with E-state index < -0.39 is 14.9 Å². The van der Waals surface area contributed by atoms with Crippen LogP contribution in [0.1, 0.15) is 6.92 Å². The van der Waals surface area contributed by atoms with Crippen molar-refractivity contribution in [3.63, 3.8) is 0 Å². The van der Waals surface area contributed by atoms with E-state index in [1.54, 1.807) is 6.92 Å². The van der Waals surface area contributed by atoms with E-state index in [2.05, 4.69) is 5.43 Å². The highest BCUT2D eigenvalue weighted by atomic mass is 32.2. The van der Waals surface area contributed by atoms with Crippen LogP contribution in [-0.4, -0.2) is 42.7 Å². The molecule has 0 radical (unpaired) electrons. The third-order valence-electron chi connectivity index (χ3n) is 3.02. The van der Waals surface area contributed by atoms with Gasteiger partial charge in [0.05, 0.1) is 10.6 Å². The lowest BCUT2D eigenvalue weighted by atomic mass is 10.3. The van der Waals surface area contributed by atoms with Gasteiger partial charge in [-0.2, -0.15) is 16.1 Å². The molecule has 0 aliphatic rings. The second-order valence-corrected chi connectivity index (χ2v) is 7.28. The average molecular weight is 334 g/mol. The van der Waals surface area contributed by atoms with Gasteiger partial charge in [-0.15, -0.1) is 0 Å². The molecule has 0 bridgehead atoms. The summed E-state index contributed by atoms with van der Waals surface area (Å²) >= 11 is 1.51. The fourth-order valence-electron chi connectivity index (χ4n) is 1.70. The predicted molar refractivity (Wildman–Crippen MR) is 83.7 cm³/mol. The molecule has 1 rings (SSSR count). The first-order chi connectivity index (χ1) is 9.75. The number of nitrogens with two attached hydrogens (primary N) is 1. The number of nitrogen functional groups attached to an aromatic ring is 1. The van der Waals surface area contributed by atoms with Crippen LogP contribution < -0.4 is 11.3 Å². The van der Waals surface area contributed by atoms with Gasteiger partial charge in [0.2, 0.25) is 10.0 Å². The van der Waals surface area contributed by atoms with Crippen LogP contribution in [0, 0.1) is 10.1 Å². The molecule has 21 heavy (non-hydrogen) atoms. The number of nitro benzene ring substituents is 1. The molecule has 3 N–H and O–H groups in total. The molecule has 0 heterocycles. The maximum atomic E-state index is 12.6. The number of rotatable bonds is 7. The van der Waals surface area contributed by atoms with Crippen molar-refractivity contribution in [1.29, 1.82) is 0 Å². The molecule has 0 aromatic heterocycles. The summed E-state index contributed by atoms with van der Waals surface area (Å²) in [6.45, 7) is 1.76. The van der Waals surface area contributed by atoms with Gasteiger partial charge in [0.1, 0.15) is 4.90 Å². The number of nitrogens with zero attached hydrogens (tertiary/aromatic N) is 2. The van der Waals surface area contributed by atoms with Crippen LogP contribution in [0.3, 0.4) is 0 Å². The van der Waals surface area contributed by atoms with Gasteiger partial charge in [0.25, 0.3) is 5.69 Å². The molecular formula is C11H18N4O4S2. The highest BCUT2D eigenvalue weighted by molar-refractivity contribution is 7.98. The van der Waals surface area contributed by atoms with E-state index in [1.807, 2.05) is 6.26 Å². The molecule has 0 amide bonds. The minimum atomic E-state index is -3.89. The highest BCUT2D eigenvalue weighted by Gasteiger charge is 2.29. The van der Waals surface area contributed by atoms with E-state index in [4.69, 9.17) is 5.84 Å². The van der Waals surface area contributed by atoms with E-state index in [0.29, 0.717) is 5.75 Å². The van der Waals surface area contributed by atoms with Crippen molar-refractivity contribution >= 4 is 33.2 Å². The van der Waals surface area contributed by atoms with Crippen molar-refractivity contribution in [2.24, 2.45) is 5.84 Å². The van der Waals surface area contributed by atoms with Crippen LogP contribution in [0.5, 0.6) is 0 Å². The Morgan fingerprint density at radius 1 is 1.52 bits per heavy atom. The van der Waals surface area contributed by atoms with Gasteiger partial charge in [-0.3, -0.25) is 16.0 Å².